The number of carbonyl (C=O) groups excluding carboxylic acids is 1. The van der Waals surface area contributed by atoms with Gasteiger partial charge in [0.25, 0.3) is 0 Å². The lowest BCUT2D eigenvalue weighted by Crippen LogP contribution is -2.45. The van der Waals surface area contributed by atoms with Crippen molar-refractivity contribution in [2.24, 2.45) is 5.41 Å². The first-order valence-corrected chi connectivity index (χ1v) is 9.13. The van der Waals surface area contributed by atoms with Crippen LogP contribution in [-0.4, -0.2) is 30.1 Å². The summed E-state index contributed by atoms with van der Waals surface area (Å²) in [7, 11) is 1.88. The predicted molar refractivity (Wildman–Crippen MR) is 104 cm³/mol. The first-order valence-electron chi connectivity index (χ1n) is 9.13. The fraction of sp³-hybridized carbons (Fsp3) is 0.409. The summed E-state index contributed by atoms with van der Waals surface area (Å²) in [5.41, 5.74) is 2.29. The Balaban J connectivity index is 1.58. The molecule has 0 aromatic heterocycles. The Hall–Kier alpha value is -2.33. The van der Waals surface area contributed by atoms with Crippen molar-refractivity contribution in [3.8, 4) is 5.75 Å². The van der Waals surface area contributed by atoms with E-state index in [0.29, 0.717) is 13.0 Å². The Morgan fingerprint density at radius 1 is 1.00 bits per heavy atom. The molecule has 1 heterocycles. The van der Waals surface area contributed by atoms with Crippen LogP contribution in [-0.2, 0) is 17.8 Å². The van der Waals surface area contributed by atoms with Crippen LogP contribution in [0.5, 0.6) is 5.75 Å². The van der Waals surface area contributed by atoms with Crippen LogP contribution < -0.4 is 10.1 Å². The normalized spacial score (nSPS) is 20.5. The highest BCUT2D eigenvalue weighted by molar-refractivity contribution is 5.84. The maximum atomic E-state index is 12.5. The topological polar surface area (TPSA) is 41.6 Å². The molecule has 1 aliphatic heterocycles. The van der Waals surface area contributed by atoms with E-state index in [9.17, 15) is 4.79 Å². The fourth-order valence-corrected chi connectivity index (χ4v) is 3.42. The van der Waals surface area contributed by atoms with Crippen molar-refractivity contribution in [3.63, 3.8) is 0 Å². The molecule has 2 atom stereocenters. The lowest BCUT2D eigenvalue weighted by molar-refractivity contribution is -0.129. The lowest BCUT2D eigenvalue weighted by Gasteiger charge is -2.32. The molecule has 0 spiro atoms. The fourth-order valence-electron chi connectivity index (χ4n) is 3.42. The van der Waals surface area contributed by atoms with Crippen LogP contribution in [0.25, 0.3) is 0 Å². The smallest absolute Gasteiger partial charge is 0.241 e. The highest BCUT2D eigenvalue weighted by atomic mass is 16.5. The molecule has 4 nitrogen and oxygen atoms in total. The minimum Gasteiger partial charge on any atom is -0.489 e. The quantitative estimate of drug-likeness (QED) is 0.894. The summed E-state index contributed by atoms with van der Waals surface area (Å²) in [5, 5.41) is 3.49. The number of hydrogen-bond acceptors (Lipinski definition) is 3. The molecule has 0 bridgehead atoms. The molecule has 1 fully saturated rings. The molecular weight excluding hydrogens is 324 g/mol. The predicted octanol–water partition coefficient (Wildman–Crippen LogP) is 3.61. The molecular formula is C22H28N2O2. The minimum absolute atomic E-state index is 0.00823. The van der Waals surface area contributed by atoms with Crippen molar-refractivity contribution >= 4 is 5.91 Å². The van der Waals surface area contributed by atoms with Gasteiger partial charge in [-0.25, -0.2) is 0 Å². The zero-order valence-electron chi connectivity index (χ0n) is 16.0. The molecule has 1 aliphatic rings. The first-order chi connectivity index (χ1) is 12.3. The van der Waals surface area contributed by atoms with Crippen molar-refractivity contribution in [2.45, 2.75) is 46.0 Å². The molecule has 1 N–H and O–H groups in total. The molecule has 2 aromatic rings. The molecule has 1 amide bonds. The van der Waals surface area contributed by atoms with E-state index in [1.807, 2.05) is 66.5 Å². The maximum absolute atomic E-state index is 12.5. The SMILES string of the molecule is CN1C(=O)[C@H](Cc2ccc(OCc3ccccc3)cc2)N[C@@H]1C(C)(C)C. The van der Waals surface area contributed by atoms with E-state index >= 15 is 0 Å². The Labute approximate surface area is 156 Å². The summed E-state index contributed by atoms with van der Waals surface area (Å²) in [6.45, 7) is 7.00. The molecule has 138 valence electrons. The van der Waals surface area contributed by atoms with Gasteiger partial charge in [-0.1, -0.05) is 63.2 Å². The van der Waals surface area contributed by atoms with Crippen molar-refractivity contribution in [1.82, 2.24) is 10.2 Å². The van der Waals surface area contributed by atoms with Crippen molar-refractivity contribution in [1.29, 1.82) is 0 Å². The van der Waals surface area contributed by atoms with E-state index in [1.54, 1.807) is 0 Å². The van der Waals surface area contributed by atoms with Crippen molar-refractivity contribution in [2.75, 3.05) is 7.05 Å². The van der Waals surface area contributed by atoms with E-state index in [-0.39, 0.29) is 23.5 Å². The van der Waals surface area contributed by atoms with Crippen LogP contribution in [0, 0.1) is 5.41 Å². The first kappa shape index (κ1) is 18.5. The summed E-state index contributed by atoms with van der Waals surface area (Å²) in [6, 6.07) is 18.0. The Bertz CT molecular complexity index is 735. The number of benzene rings is 2. The zero-order valence-corrected chi connectivity index (χ0v) is 16.0. The molecule has 0 saturated carbocycles. The number of hydrogen-bond donors (Lipinski definition) is 1. The summed E-state index contributed by atoms with van der Waals surface area (Å²) < 4.78 is 5.83. The van der Waals surface area contributed by atoms with Gasteiger partial charge in [0.1, 0.15) is 12.4 Å². The largest absolute Gasteiger partial charge is 0.489 e. The molecule has 2 aromatic carbocycles. The van der Waals surface area contributed by atoms with Crippen molar-refractivity contribution in [3.05, 3.63) is 65.7 Å². The van der Waals surface area contributed by atoms with E-state index in [1.165, 1.54) is 0 Å². The van der Waals surface area contributed by atoms with Gasteiger partial charge < -0.3 is 9.64 Å². The Morgan fingerprint density at radius 2 is 1.65 bits per heavy atom. The second kappa shape index (κ2) is 7.50. The van der Waals surface area contributed by atoms with Gasteiger partial charge in [-0.2, -0.15) is 0 Å². The van der Waals surface area contributed by atoms with Gasteiger partial charge >= 0.3 is 0 Å². The van der Waals surface area contributed by atoms with Gasteiger partial charge in [-0.15, -0.1) is 0 Å². The number of amides is 1. The van der Waals surface area contributed by atoms with Crippen LogP contribution in [0.15, 0.2) is 54.6 Å². The van der Waals surface area contributed by atoms with Gasteiger partial charge in [0.2, 0.25) is 5.91 Å². The van der Waals surface area contributed by atoms with E-state index in [4.69, 9.17) is 4.74 Å². The summed E-state index contributed by atoms with van der Waals surface area (Å²) in [5.74, 6) is 1.00. The third kappa shape index (κ3) is 4.25. The molecule has 0 unspecified atom stereocenters. The van der Waals surface area contributed by atoms with Gasteiger partial charge in [0.15, 0.2) is 0 Å². The molecule has 26 heavy (non-hydrogen) atoms. The maximum Gasteiger partial charge on any atom is 0.241 e. The molecule has 0 radical (unpaired) electrons. The number of rotatable bonds is 5. The van der Waals surface area contributed by atoms with Gasteiger partial charge in [0.05, 0.1) is 12.2 Å². The minimum atomic E-state index is -0.166. The molecule has 0 aliphatic carbocycles. The highest BCUT2D eigenvalue weighted by Crippen LogP contribution is 2.27. The van der Waals surface area contributed by atoms with E-state index in [0.717, 1.165) is 16.9 Å². The standard InChI is InChI=1S/C22H28N2O2/c1-22(2,3)21-23-19(20(25)24(21)4)14-16-10-12-18(13-11-16)26-15-17-8-6-5-7-9-17/h5-13,19,21,23H,14-15H2,1-4H3/t19-,21-/m0/s1. The van der Waals surface area contributed by atoms with Crippen molar-refractivity contribution < 1.29 is 9.53 Å². The van der Waals surface area contributed by atoms with Crippen LogP contribution in [0.1, 0.15) is 31.9 Å². The van der Waals surface area contributed by atoms with Crippen LogP contribution >= 0.6 is 0 Å². The van der Waals surface area contributed by atoms with Crippen LogP contribution in [0.2, 0.25) is 0 Å². The van der Waals surface area contributed by atoms with Gasteiger partial charge in [0, 0.05) is 7.05 Å². The monoisotopic (exact) mass is 352 g/mol. The summed E-state index contributed by atoms with van der Waals surface area (Å²) in [6.07, 6.45) is 0.753. The van der Waals surface area contributed by atoms with Gasteiger partial charge in [-0.3, -0.25) is 10.1 Å². The van der Waals surface area contributed by atoms with Gasteiger partial charge in [-0.05, 0) is 35.1 Å². The average Bonchev–Trinajstić information content (AvgIpc) is 2.91. The Morgan fingerprint density at radius 3 is 2.23 bits per heavy atom. The molecule has 3 rings (SSSR count). The second-order valence-corrected chi connectivity index (χ2v) is 8.06. The number of nitrogens with one attached hydrogen (secondary N) is 1. The van der Waals surface area contributed by atoms with Crippen LogP contribution in [0.4, 0.5) is 0 Å². The second-order valence-electron chi connectivity index (χ2n) is 8.06. The molecule has 1 saturated heterocycles. The lowest BCUT2D eigenvalue weighted by atomic mass is 9.92. The van der Waals surface area contributed by atoms with E-state index < -0.39 is 0 Å². The number of carbonyl (C=O) groups is 1. The number of ether oxygens (including phenoxy) is 1. The number of nitrogens with zero attached hydrogens (tertiary/aromatic N) is 1. The van der Waals surface area contributed by atoms with E-state index in [2.05, 4.69) is 26.1 Å². The highest BCUT2D eigenvalue weighted by Gasteiger charge is 2.42. The summed E-state index contributed by atoms with van der Waals surface area (Å²) >= 11 is 0. The average molecular weight is 352 g/mol. The third-order valence-electron chi connectivity index (χ3n) is 4.82. The molecule has 4 heteroatoms. The number of likely N-dealkylation sites (N-methyl/N-ethyl adjacent to an activating group) is 1. The zero-order chi connectivity index (χ0) is 18.7. The summed E-state index contributed by atoms with van der Waals surface area (Å²) in [4.78, 5) is 14.4. The third-order valence-corrected chi connectivity index (χ3v) is 4.82. The Kier molecular flexibility index (Phi) is 5.33. The van der Waals surface area contributed by atoms with Crippen LogP contribution in [0.3, 0.4) is 0 Å².